The first-order chi connectivity index (χ1) is 12.7. The highest BCUT2D eigenvalue weighted by atomic mass is 15.0. The maximum absolute atomic E-state index is 4.77. The highest BCUT2D eigenvalue weighted by Gasteiger charge is 2.12. The number of aryl methyl sites for hydroxylation is 1. The molecular formula is C23H23N3. The summed E-state index contributed by atoms with van der Waals surface area (Å²) in [5.41, 5.74) is 4.19. The number of benzene rings is 2. The fourth-order valence-corrected chi connectivity index (χ4v) is 2.77. The van der Waals surface area contributed by atoms with E-state index in [9.17, 15) is 0 Å². The average Bonchev–Trinajstić information content (AvgIpc) is 2.68. The van der Waals surface area contributed by atoms with Gasteiger partial charge >= 0.3 is 0 Å². The number of hydrogen-bond donors (Lipinski definition) is 0. The first-order valence-electron chi connectivity index (χ1n) is 8.93. The number of nitrogens with zero attached hydrogens (tertiary/aromatic N) is 3. The van der Waals surface area contributed by atoms with Crippen LogP contribution < -0.4 is 0 Å². The summed E-state index contributed by atoms with van der Waals surface area (Å²) >= 11 is 0. The fourth-order valence-electron chi connectivity index (χ4n) is 2.77. The van der Waals surface area contributed by atoms with E-state index in [1.807, 2.05) is 61.5 Å². The summed E-state index contributed by atoms with van der Waals surface area (Å²) in [5, 5.41) is 0. The van der Waals surface area contributed by atoms with Crippen molar-refractivity contribution in [2.24, 2.45) is 0 Å². The molecule has 0 aliphatic rings. The minimum absolute atomic E-state index is 0.693. The first kappa shape index (κ1) is 17.7. The van der Waals surface area contributed by atoms with Crippen LogP contribution in [0.2, 0.25) is 0 Å². The number of allylic oxidation sites excluding steroid dienone is 4. The Morgan fingerprint density at radius 2 is 1.58 bits per heavy atom. The Morgan fingerprint density at radius 1 is 0.885 bits per heavy atom. The topological polar surface area (TPSA) is 38.7 Å². The Balaban J connectivity index is 2.21. The molecule has 3 aromatic rings. The van der Waals surface area contributed by atoms with Crippen LogP contribution in [-0.4, -0.2) is 15.0 Å². The lowest BCUT2D eigenvalue weighted by Crippen LogP contribution is -2.02. The average molecular weight is 341 g/mol. The smallest absolute Gasteiger partial charge is 0.164 e. The second kappa shape index (κ2) is 8.34. The van der Waals surface area contributed by atoms with E-state index in [2.05, 4.69) is 32.1 Å². The van der Waals surface area contributed by atoms with Gasteiger partial charge in [0.2, 0.25) is 0 Å². The Hall–Kier alpha value is -3.07. The van der Waals surface area contributed by atoms with Crippen molar-refractivity contribution in [3.8, 4) is 22.8 Å². The lowest BCUT2D eigenvalue weighted by molar-refractivity contribution is 1.03. The molecule has 3 heteroatoms. The van der Waals surface area contributed by atoms with Crippen molar-refractivity contribution < 1.29 is 0 Å². The van der Waals surface area contributed by atoms with Gasteiger partial charge in [0.1, 0.15) is 0 Å². The molecule has 0 bridgehead atoms. The second-order valence-corrected chi connectivity index (χ2v) is 6.11. The van der Waals surface area contributed by atoms with Gasteiger partial charge in [-0.25, -0.2) is 15.0 Å². The van der Waals surface area contributed by atoms with E-state index >= 15 is 0 Å². The molecule has 0 saturated carbocycles. The molecule has 3 rings (SSSR count). The Labute approximate surface area is 155 Å². The molecule has 0 aliphatic heterocycles. The molecule has 0 spiro atoms. The van der Waals surface area contributed by atoms with Crippen LogP contribution in [0.4, 0.5) is 0 Å². The quantitative estimate of drug-likeness (QED) is 0.544. The van der Waals surface area contributed by atoms with Crippen molar-refractivity contribution in [1.29, 1.82) is 0 Å². The van der Waals surface area contributed by atoms with E-state index in [4.69, 9.17) is 15.0 Å². The van der Waals surface area contributed by atoms with Crippen molar-refractivity contribution in [3.63, 3.8) is 0 Å². The van der Waals surface area contributed by atoms with E-state index in [1.54, 1.807) is 0 Å². The van der Waals surface area contributed by atoms with E-state index in [0.29, 0.717) is 17.5 Å². The van der Waals surface area contributed by atoms with E-state index in [-0.39, 0.29) is 0 Å². The van der Waals surface area contributed by atoms with Crippen molar-refractivity contribution in [2.75, 3.05) is 0 Å². The summed E-state index contributed by atoms with van der Waals surface area (Å²) in [5.74, 6) is 2.10. The summed E-state index contributed by atoms with van der Waals surface area (Å²) in [6.45, 7) is 6.19. The third-order valence-corrected chi connectivity index (χ3v) is 3.97. The minimum atomic E-state index is 0.693. The highest BCUT2D eigenvalue weighted by molar-refractivity contribution is 5.72. The largest absolute Gasteiger partial charge is 0.208 e. The predicted octanol–water partition coefficient (Wildman–Crippen LogP) is 5.88. The molecule has 130 valence electrons. The summed E-state index contributed by atoms with van der Waals surface area (Å²) in [6, 6.07) is 18.3. The Morgan fingerprint density at radius 3 is 2.23 bits per heavy atom. The van der Waals surface area contributed by atoms with Gasteiger partial charge in [0.15, 0.2) is 17.5 Å². The Bertz CT molecular complexity index is 941. The molecule has 0 unspecified atom stereocenters. The van der Waals surface area contributed by atoms with Gasteiger partial charge in [0, 0.05) is 16.7 Å². The van der Waals surface area contributed by atoms with Gasteiger partial charge in [-0.05, 0) is 26.3 Å². The van der Waals surface area contributed by atoms with Gasteiger partial charge in [-0.1, -0.05) is 79.2 Å². The molecule has 0 aliphatic carbocycles. The third kappa shape index (κ3) is 4.12. The first-order valence-corrected chi connectivity index (χ1v) is 8.93. The minimum Gasteiger partial charge on any atom is -0.208 e. The van der Waals surface area contributed by atoms with Gasteiger partial charge in [-0.3, -0.25) is 0 Å². The maximum Gasteiger partial charge on any atom is 0.164 e. The van der Waals surface area contributed by atoms with Crippen LogP contribution in [0.5, 0.6) is 0 Å². The van der Waals surface area contributed by atoms with Crippen LogP contribution >= 0.6 is 0 Å². The summed E-state index contributed by atoms with van der Waals surface area (Å²) in [4.78, 5) is 14.3. The molecule has 0 saturated heterocycles. The standard InChI is InChI=1S/C23H23N3/c1-4-10-18(11-5-2)21-24-22(19-13-7-6-8-14-19)26-23(25-21)20-15-9-12-17(3)16-20/h4,6-16H,5H2,1-3H3/b10-4-,18-11+. The monoisotopic (exact) mass is 341 g/mol. The zero-order valence-corrected chi connectivity index (χ0v) is 15.5. The third-order valence-electron chi connectivity index (χ3n) is 3.97. The molecule has 0 amide bonds. The molecule has 0 atom stereocenters. The molecule has 0 radical (unpaired) electrons. The Kier molecular flexibility index (Phi) is 5.69. The molecule has 1 aromatic heterocycles. The molecule has 0 fully saturated rings. The zero-order valence-electron chi connectivity index (χ0n) is 15.5. The molecule has 1 heterocycles. The van der Waals surface area contributed by atoms with Gasteiger partial charge < -0.3 is 0 Å². The maximum atomic E-state index is 4.77. The van der Waals surface area contributed by atoms with Crippen LogP contribution in [0, 0.1) is 6.92 Å². The predicted molar refractivity (Wildman–Crippen MR) is 109 cm³/mol. The van der Waals surface area contributed by atoms with E-state index < -0.39 is 0 Å². The van der Waals surface area contributed by atoms with Crippen molar-refractivity contribution in [1.82, 2.24) is 15.0 Å². The lowest BCUT2D eigenvalue weighted by Gasteiger charge is -2.09. The second-order valence-electron chi connectivity index (χ2n) is 6.11. The molecule has 0 N–H and O–H groups in total. The highest BCUT2D eigenvalue weighted by Crippen LogP contribution is 2.24. The number of hydrogen-bond acceptors (Lipinski definition) is 3. The lowest BCUT2D eigenvalue weighted by atomic mass is 10.1. The van der Waals surface area contributed by atoms with E-state index in [0.717, 1.165) is 23.1 Å². The fraction of sp³-hybridized carbons (Fsp3) is 0.174. The van der Waals surface area contributed by atoms with Crippen LogP contribution in [0.3, 0.4) is 0 Å². The summed E-state index contributed by atoms with van der Waals surface area (Å²) < 4.78 is 0. The molecule has 26 heavy (non-hydrogen) atoms. The normalized spacial score (nSPS) is 11.9. The SMILES string of the molecule is C/C=C\C(=C/CC)c1nc(-c2ccccc2)nc(-c2cccc(C)c2)n1. The number of rotatable bonds is 5. The summed E-state index contributed by atoms with van der Waals surface area (Å²) in [6.07, 6.45) is 7.13. The van der Waals surface area contributed by atoms with Gasteiger partial charge in [-0.2, -0.15) is 0 Å². The van der Waals surface area contributed by atoms with Crippen molar-refractivity contribution in [2.45, 2.75) is 27.2 Å². The van der Waals surface area contributed by atoms with Gasteiger partial charge in [0.05, 0.1) is 0 Å². The van der Waals surface area contributed by atoms with Crippen LogP contribution in [0.1, 0.15) is 31.7 Å². The summed E-state index contributed by atoms with van der Waals surface area (Å²) in [7, 11) is 0. The molecule has 2 aromatic carbocycles. The van der Waals surface area contributed by atoms with Crippen LogP contribution in [0.25, 0.3) is 28.3 Å². The van der Waals surface area contributed by atoms with Gasteiger partial charge in [-0.15, -0.1) is 0 Å². The molecular weight excluding hydrogens is 318 g/mol. The zero-order chi connectivity index (χ0) is 18.4. The van der Waals surface area contributed by atoms with Crippen molar-refractivity contribution >= 4 is 5.57 Å². The number of aromatic nitrogens is 3. The van der Waals surface area contributed by atoms with Crippen LogP contribution in [-0.2, 0) is 0 Å². The van der Waals surface area contributed by atoms with E-state index in [1.165, 1.54) is 5.56 Å². The van der Waals surface area contributed by atoms with Crippen molar-refractivity contribution in [3.05, 3.63) is 84.2 Å². The molecule has 3 nitrogen and oxygen atoms in total. The van der Waals surface area contributed by atoms with Crippen LogP contribution in [0.15, 0.2) is 72.8 Å². The van der Waals surface area contributed by atoms with Gasteiger partial charge in [0.25, 0.3) is 0 Å².